The number of benzene rings is 1. The van der Waals surface area contributed by atoms with Gasteiger partial charge in [0.05, 0.1) is 6.61 Å². The number of carbonyl (C=O) groups excluding carboxylic acids is 1. The Morgan fingerprint density at radius 1 is 1.30 bits per heavy atom. The van der Waals surface area contributed by atoms with Gasteiger partial charge in [0.15, 0.2) is 0 Å². The molecule has 0 aromatic heterocycles. The highest BCUT2D eigenvalue weighted by molar-refractivity contribution is 5.76. The molecule has 1 atom stereocenters. The van der Waals surface area contributed by atoms with Gasteiger partial charge >= 0.3 is 5.97 Å². The maximum Gasteiger partial charge on any atom is 0.326 e. The van der Waals surface area contributed by atoms with Crippen molar-refractivity contribution < 1.29 is 14.3 Å². The van der Waals surface area contributed by atoms with Gasteiger partial charge in [0.2, 0.25) is 0 Å². The van der Waals surface area contributed by atoms with Crippen molar-refractivity contribution in [3.05, 3.63) is 29.3 Å². The second-order valence-corrected chi connectivity index (χ2v) is 4.84. The number of rotatable bonds is 8. The summed E-state index contributed by atoms with van der Waals surface area (Å²) in [7, 11) is 0. The fraction of sp³-hybridized carbons (Fsp3) is 0.562. The molecule has 0 saturated carbocycles. The van der Waals surface area contributed by atoms with E-state index in [-0.39, 0.29) is 12.6 Å². The number of ether oxygens (including phenoxy) is 2. The summed E-state index contributed by atoms with van der Waals surface area (Å²) in [5.74, 6) is 0.559. The molecule has 1 aromatic carbocycles. The van der Waals surface area contributed by atoms with Crippen LogP contribution < -0.4 is 10.1 Å². The first-order valence-electron chi connectivity index (χ1n) is 7.18. The summed E-state index contributed by atoms with van der Waals surface area (Å²) in [5, 5.41) is 3.16. The molecule has 20 heavy (non-hydrogen) atoms. The lowest BCUT2D eigenvalue weighted by atomic mass is 10.1. The minimum atomic E-state index is -0.421. The quantitative estimate of drug-likeness (QED) is 0.743. The second-order valence-electron chi connectivity index (χ2n) is 4.84. The van der Waals surface area contributed by atoms with Gasteiger partial charge in [-0.3, -0.25) is 4.79 Å². The van der Waals surface area contributed by atoms with Gasteiger partial charge in [-0.15, -0.1) is 0 Å². The van der Waals surface area contributed by atoms with Gasteiger partial charge in [-0.25, -0.2) is 0 Å². The minimum absolute atomic E-state index is 0.258. The minimum Gasteiger partial charge on any atom is -0.491 e. The Labute approximate surface area is 121 Å². The summed E-state index contributed by atoms with van der Waals surface area (Å²) in [6, 6.07) is 5.62. The van der Waals surface area contributed by atoms with Crippen molar-refractivity contribution >= 4 is 5.97 Å². The topological polar surface area (TPSA) is 47.6 Å². The molecule has 112 valence electrons. The average Bonchev–Trinajstić information content (AvgIpc) is 2.42. The zero-order valence-electron chi connectivity index (χ0n) is 12.9. The fourth-order valence-corrected chi connectivity index (χ4v) is 1.81. The highest BCUT2D eigenvalue weighted by Crippen LogP contribution is 2.19. The number of carbonyl (C=O) groups is 1. The van der Waals surface area contributed by atoms with Crippen LogP contribution in [-0.4, -0.2) is 31.8 Å². The number of aryl methyl sites for hydroxylation is 2. The molecule has 4 nitrogen and oxygen atoms in total. The molecule has 1 unspecified atom stereocenters. The van der Waals surface area contributed by atoms with Crippen LogP contribution in [-0.2, 0) is 9.53 Å². The second kappa shape index (κ2) is 8.59. The average molecular weight is 279 g/mol. The Morgan fingerprint density at radius 2 is 2.05 bits per heavy atom. The van der Waals surface area contributed by atoms with Crippen LogP contribution in [0.15, 0.2) is 18.2 Å². The maximum atomic E-state index is 11.9. The lowest BCUT2D eigenvalue weighted by Gasteiger charge is -2.18. The third-order valence-electron chi connectivity index (χ3n) is 2.96. The lowest BCUT2D eigenvalue weighted by Crippen LogP contribution is -2.43. The molecule has 0 heterocycles. The molecule has 1 N–H and O–H groups in total. The summed E-state index contributed by atoms with van der Waals surface area (Å²) in [6.45, 7) is 9.30. The monoisotopic (exact) mass is 279 g/mol. The molecule has 0 aliphatic heterocycles. The van der Waals surface area contributed by atoms with E-state index in [4.69, 9.17) is 9.47 Å². The molecule has 0 radical (unpaired) electrons. The SMILES string of the molecule is CCCNC(COc1cc(C)ccc1C)C(=O)OCC. The third kappa shape index (κ3) is 5.21. The largest absolute Gasteiger partial charge is 0.491 e. The molecule has 0 amide bonds. The number of hydrogen-bond acceptors (Lipinski definition) is 4. The van der Waals surface area contributed by atoms with E-state index in [9.17, 15) is 4.79 Å². The van der Waals surface area contributed by atoms with Crippen molar-refractivity contribution in [1.82, 2.24) is 5.32 Å². The van der Waals surface area contributed by atoms with E-state index >= 15 is 0 Å². The fourth-order valence-electron chi connectivity index (χ4n) is 1.81. The Kier molecular flexibility index (Phi) is 7.09. The van der Waals surface area contributed by atoms with E-state index in [0.29, 0.717) is 6.61 Å². The summed E-state index contributed by atoms with van der Waals surface area (Å²) in [5.41, 5.74) is 2.20. The van der Waals surface area contributed by atoms with Gasteiger partial charge in [0.25, 0.3) is 0 Å². The zero-order valence-corrected chi connectivity index (χ0v) is 12.9. The highest BCUT2D eigenvalue weighted by Gasteiger charge is 2.20. The van der Waals surface area contributed by atoms with E-state index in [1.54, 1.807) is 6.92 Å². The van der Waals surface area contributed by atoms with Crippen molar-refractivity contribution in [2.45, 2.75) is 40.2 Å². The summed E-state index contributed by atoms with van der Waals surface area (Å²) in [4.78, 5) is 11.9. The van der Waals surface area contributed by atoms with Crippen molar-refractivity contribution in [2.75, 3.05) is 19.8 Å². The molecular weight excluding hydrogens is 254 g/mol. The van der Waals surface area contributed by atoms with Crippen LogP contribution in [0.3, 0.4) is 0 Å². The normalized spacial score (nSPS) is 12.0. The van der Waals surface area contributed by atoms with Gasteiger partial charge in [-0.2, -0.15) is 0 Å². The predicted molar refractivity (Wildman–Crippen MR) is 80.1 cm³/mol. The summed E-state index contributed by atoms with van der Waals surface area (Å²) >= 11 is 0. The van der Waals surface area contributed by atoms with Crippen LogP contribution in [0.5, 0.6) is 5.75 Å². The first-order valence-corrected chi connectivity index (χ1v) is 7.18. The predicted octanol–water partition coefficient (Wildman–Crippen LogP) is 2.61. The van der Waals surface area contributed by atoms with E-state index in [0.717, 1.165) is 29.8 Å². The van der Waals surface area contributed by atoms with Crippen LogP contribution in [0.4, 0.5) is 0 Å². The van der Waals surface area contributed by atoms with Crippen LogP contribution in [0.1, 0.15) is 31.4 Å². The Balaban J connectivity index is 2.64. The Morgan fingerprint density at radius 3 is 2.70 bits per heavy atom. The van der Waals surface area contributed by atoms with Gasteiger partial charge in [-0.1, -0.05) is 19.1 Å². The van der Waals surface area contributed by atoms with E-state index < -0.39 is 6.04 Å². The molecular formula is C16H25NO3. The van der Waals surface area contributed by atoms with Crippen molar-refractivity contribution in [1.29, 1.82) is 0 Å². The smallest absolute Gasteiger partial charge is 0.326 e. The lowest BCUT2D eigenvalue weighted by molar-refractivity contribution is -0.146. The first kappa shape index (κ1) is 16.5. The third-order valence-corrected chi connectivity index (χ3v) is 2.96. The van der Waals surface area contributed by atoms with E-state index in [2.05, 4.69) is 12.2 Å². The molecule has 0 fully saturated rings. The number of hydrogen-bond donors (Lipinski definition) is 1. The van der Waals surface area contributed by atoms with E-state index in [1.807, 2.05) is 32.0 Å². The molecule has 1 rings (SSSR count). The number of esters is 1. The Bertz CT molecular complexity index is 432. The number of nitrogens with one attached hydrogen (secondary N) is 1. The van der Waals surface area contributed by atoms with Crippen molar-refractivity contribution in [3.63, 3.8) is 0 Å². The zero-order chi connectivity index (χ0) is 15.0. The van der Waals surface area contributed by atoms with Crippen molar-refractivity contribution in [3.8, 4) is 5.75 Å². The highest BCUT2D eigenvalue weighted by atomic mass is 16.5. The standard InChI is InChI=1S/C16H25NO3/c1-5-9-17-14(16(18)19-6-2)11-20-15-10-12(3)7-8-13(15)4/h7-8,10,14,17H,5-6,9,11H2,1-4H3. The molecule has 4 heteroatoms. The van der Waals surface area contributed by atoms with Gasteiger partial charge in [-0.05, 0) is 50.9 Å². The van der Waals surface area contributed by atoms with Gasteiger partial charge in [0, 0.05) is 0 Å². The first-order chi connectivity index (χ1) is 9.58. The molecule has 1 aromatic rings. The Hall–Kier alpha value is -1.55. The molecule has 0 bridgehead atoms. The molecule has 0 saturated heterocycles. The van der Waals surface area contributed by atoms with Crippen LogP contribution in [0.25, 0.3) is 0 Å². The maximum absolute atomic E-state index is 11.9. The van der Waals surface area contributed by atoms with Crippen LogP contribution >= 0.6 is 0 Å². The summed E-state index contributed by atoms with van der Waals surface area (Å²) in [6.07, 6.45) is 0.958. The van der Waals surface area contributed by atoms with Gasteiger partial charge < -0.3 is 14.8 Å². The summed E-state index contributed by atoms with van der Waals surface area (Å²) < 4.78 is 10.8. The van der Waals surface area contributed by atoms with Crippen LogP contribution in [0, 0.1) is 13.8 Å². The molecule has 0 aliphatic rings. The molecule has 0 spiro atoms. The van der Waals surface area contributed by atoms with Crippen LogP contribution in [0.2, 0.25) is 0 Å². The van der Waals surface area contributed by atoms with Crippen molar-refractivity contribution in [2.24, 2.45) is 0 Å². The van der Waals surface area contributed by atoms with E-state index in [1.165, 1.54) is 0 Å². The van der Waals surface area contributed by atoms with Gasteiger partial charge in [0.1, 0.15) is 18.4 Å². The molecule has 0 aliphatic carbocycles.